The molecule has 4 nitrogen and oxygen atoms in total. The van der Waals surface area contributed by atoms with Crippen LogP contribution in [0.1, 0.15) is 51.5 Å². The fourth-order valence-corrected chi connectivity index (χ4v) is 3.37. The summed E-state index contributed by atoms with van der Waals surface area (Å²) in [5.74, 6) is -0.0499. The van der Waals surface area contributed by atoms with Crippen molar-refractivity contribution in [1.29, 1.82) is 0 Å². The van der Waals surface area contributed by atoms with Crippen molar-refractivity contribution in [1.82, 2.24) is 10.6 Å². The van der Waals surface area contributed by atoms with E-state index in [-0.39, 0.29) is 23.0 Å². The minimum Gasteiger partial charge on any atom is -0.354 e. The van der Waals surface area contributed by atoms with Crippen LogP contribution in [0.3, 0.4) is 0 Å². The standard InChI is InChI=1S/C20H30N2O2S/c1-15(2)17(25)18(23)22-20(12-6-7-13-20)19(24)21-14-8-11-16-9-4-3-5-10-16/h3-5,9-10,15,17,25H,6-8,11-14H2,1-2H3,(H,21,24)(H,22,23)/t17-/m0/s1. The Morgan fingerprint density at radius 2 is 1.80 bits per heavy atom. The first-order chi connectivity index (χ1) is 11.9. The van der Waals surface area contributed by atoms with Crippen molar-refractivity contribution in [3.63, 3.8) is 0 Å². The van der Waals surface area contributed by atoms with Crippen LogP contribution in [0.25, 0.3) is 0 Å². The minimum absolute atomic E-state index is 0.0456. The van der Waals surface area contributed by atoms with E-state index in [1.807, 2.05) is 32.0 Å². The lowest BCUT2D eigenvalue weighted by Gasteiger charge is -2.31. The van der Waals surface area contributed by atoms with Gasteiger partial charge in [0.2, 0.25) is 11.8 Å². The van der Waals surface area contributed by atoms with E-state index in [0.717, 1.165) is 25.7 Å². The summed E-state index contributed by atoms with van der Waals surface area (Å²) in [4.78, 5) is 25.2. The van der Waals surface area contributed by atoms with Gasteiger partial charge >= 0.3 is 0 Å². The summed E-state index contributed by atoms with van der Waals surface area (Å²) in [6, 6.07) is 10.3. The molecule has 1 saturated carbocycles. The lowest BCUT2D eigenvalue weighted by Crippen LogP contribution is -2.59. The number of nitrogens with one attached hydrogen (secondary N) is 2. The molecule has 0 aliphatic heterocycles. The minimum atomic E-state index is -0.750. The second-order valence-corrected chi connectivity index (χ2v) is 7.87. The first kappa shape index (κ1) is 19.8. The Morgan fingerprint density at radius 3 is 2.40 bits per heavy atom. The fourth-order valence-electron chi connectivity index (χ4n) is 3.31. The Balaban J connectivity index is 1.86. The number of carbonyl (C=O) groups excluding carboxylic acids is 2. The molecular formula is C20H30N2O2S. The summed E-state index contributed by atoms with van der Waals surface area (Å²) in [6.45, 7) is 4.55. The van der Waals surface area contributed by atoms with E-state index >= 15 is 0 Å². The van der Waals surface area contributed by atoms with Gasteiger partial charge in [-0.05, 0) is 37.2 Å². The van der Waals surface area contributed by atoms with E-state index in [9.17, 15) is 9.59 Å². The number of amides is 2. The molecule has 1 atom stereocenters. The van der Waals surface area contributed by atoms with Gasteiger partial charge in [-0.1, -0.05) is 57.0 Å². The molecule has 0 radical (unpaired) electrons. The molecule has 0 bridgehead atoms. The second kappa shape index (κ2) is 9.27. The highest BCUT2D eigenvalue weighted by Crippen LogP contribution is 2.30. The van der Waals surface area contributed by atoms with Crippen LogP contribution in [0.15, 0.2) is 30.3 Å². The molecule has 25 heavy (non-hydrogen) atoms. The molecule has 5 heteroatoms. The van der Waals surface area contributed by atoms with Gasteiger partial charge in [0.25, 0.3) is 0 Å². The molecule has 138 valence electrons. The zero-order chi connectivity index (χ0) is 18.3. The van der Waals surface area contributed by atoms with Gasteiger partial charge in [-0.3, -0.25) is 9.59 Å². The third-order valence-electron chi connectivity index (χ3n) is 4.92. The van der Waals surface area contributed by atoms with Crippen LogP contribution < -0.4 is 10.6 Å². The van der Waals surface area contributed by atoms with E-state index in [4.69, 9.17) is 0 Å². The third kappa shape index (κ3) is 5.50. The SMILES string of the molecule is CC(C)[C@H](S)C(=O)NC1(C(=O)NCCCc2ccccc2)CCCC1. The molecule has 1 aromatic carbocycles. The van der Waals surface area contributed by atoms with E-state index in [1.54, 1.807) is 0 Å². The highest BCUT2D eigenvalue weighted by molar-refractivity contribution is 7.81. The molecule has 0 spiro atoms. The van der Waals surface area contributed by atoms with Crippen LogP contribution >= 0.6 is 12.6 Å². The number of hydrogen-bond donors (Lipinski definition) is 3. The van der Waals surface area contributed by atoms with Crippen LogP contribution in [-0.4, -0.2) is 29.1 Å². The Labute approximate surface area is 156 Å². The summed E-state index contributed by atoms with van der Waals surface area (Å²) in [5.41, 5.74) is 0.523. The average molecular weight is 363 g/mol. The maximum Gasteiger partial charge on any atom is 0.245 e. The smallest absolute Gasteiger partial charge is 0.245 e. The van der Waals surface area contributed by atoms with Crippen molar-refractivity contribution < 1.29 is 9.59 Å². The molecule has 1 aliphatic carbocycles. The van der Waals surface area contributed by atoms with Crippen LogP contribution in [-0.2, 0) is 16.0 Å². The largest absolute Gasteiger partial charge is 0.354 e. The molecule has 0 saturated heterocycles. The van der Waals surface area contributed by atoms with Crippen molar-refractivity contribution >= 4 is 24.4 Å². The monoisotopic (exact) mass is 362 g/mol. The number of thiol groups is 1. The third-order valence-corrected chi connectivity index (χ3v) is 5.76. The van der Waals surface area contributed by atoms with E-state index in [2.05, 4.69) is 35.4 Å². The molecule has 2 N–H and O–H groups in total. The van der Waals surface area contributed by atoms with Gasteiger partial charge in [0, 0.05) is 6.54 Å². The molecule has 0 unspecified atom stereocenters. The zero-order valence-electron chi connectivity index (χ0n) is 15.3. The molecular weight excluding hydrogens is 332 g/mol. The zero-order valence-corrected chi connectivity index (χ0v) is 16.1. The fraction of sp³-hybridized carbons (Fsp3) is 0.600. The lowest BCUT2D eigenvalue weighted by molar-refractivity contribution is -0.133. The van der Waals surface area contributed by atoms with Crippen LogP contribution in [0, 0.1) is 5.92 Å². The number of carbonyl (C=O) groups is 2. The van der Waals surface area contributed by atoms with Crippen LogP contribution in [0.2, 0.25) is 0 Å². The van der Waals surface area contributed by atoms with E-state index < -0.39 is 5.54 Å². The average Bonchev–Trinajstić information content (AvgIpc) is 3.08. The second-order valence-electron chi connectivity index (χ2n) is 7.31. The van der Waals surface area contributed by atoms with Crippen molar-refractivity contribution in [2.75, 3.05) is 6.54 Å². The maximum atomic E-state index is 12.8. The molecule has 0 aromatic heterocycles. The molecule has 1 fully saturated rings. The number of aryl methyl sites for hydroxylation is 1. The van der Waals surface area contributed by atoms with Crippen LogP contribution in [0.5, 0.6) is 0 Å². The van der Waals surface area contributed by atoms with Crippen molar-refractivity contribution in [3.05, 3.63) is 35.9 Å². The van der Waals surface area contributed by atoms with Gasteiger partial charge in [0.15, 0.2) is 0 Å². The van der Waals surface area contributed by atoms with Gasteiger partial charge in [0.05, 0.1) is 5.25 Å². The predicted molar refractivity (Wildman–Crippen MR) is 105 cm³/mol. The number of benzene rings is 1. The topological polar surface area (TPSA) is 58.2 Å². The first-order valence-corrected chi connectivity index (χ1v) is 9.78. The first-order valence-electron chi connectivity index (χ1n) is 9.27. The molecule has 2 rings (SSSR count). The van der Waals surface area contributed by atoms with Gasteiger partial charge in [-0.15, -0.1) is 0 Å². The normalized spacial score (nSPS) is 17.3. The Morgan fingerprint density at radius 1 is 1.16 bits per heavy atom. The Bertz CT molecular complexity index is 568. The van der Waals surface area contributed by atoms with Crippen LogP contribution in [0.4, 0.5) is 0 Å². The Hall–Kier alpha value is -1.49. The molecule has 0 heterocycles. The summed E-state index contributed by atoms with van der Waals surface area (Å²) >= 11 is 4.38. The summed E-state index contributed by atoms with van der Waals surface area (Å²) in [5, 5.41) is 5.65. The maximum absolute atomic E-state index is 12.8. The van der Waals surface area contributed by atoms with E-state index in [0.29, 0.717) is 19.4 Å². The molecule has 2 amide bonds. The quantitative estimate of drug-likeness (QED) is 0.492. The van der Waals surface area contributed by atoms with Crippen molar-refractivity contribution in [2.24, 2.45) is 5.92 Å². The summed E-state index contributed by atoms with van der Waals surface area (Å²) < 4.78 is 0. The van der Waals surface area contributed by atoms with Gasteiger partial charge in [-0.25, -0.2) is 0 Å². The predicted octanol–water partition coefficient (Wildman–Crippen LogP) is 3.12. The van der Waals surface area contributed by atoms with Crippen molar-refractivity contribution in [2.45, 2.75) is 63.2 Å². The van der Waals surface area contributed by atoms with Gasteiger partial charge < -0.3 is 10.6 Å². The number of hydrogen-bond acceptors (Lipinski definition) is 3. The molecule has 1 aromatic rings. The Kier molecular flexibility index (Phi) is 7.36. The van der Waals surface area contributed by atoms with Gasteiger partial charge in [0.1, 0.15) is 5.54 Å². The van der Waals surface area contributed by atoms with E-state index in [1.165, 1.54) is 5.56 Å². The molecule has 1 aliphatic rings. The summed E-state index contributed by atoms with van der Waals surface area (Å²) in [6.07, 6.45) is 5.18. The van der Waals surface area contributed by atoms with Gasteiger partial charge in [-0.2, -0.15) is 12.6 Å². The highest BCUT2D eigenvalue weighted by atomic mass is 32.1. The van der Waals surface area contributed by atoms with Crippen molar-refractivity contribution in [3.8, 4) is 0 Å². The highest BCUT2D eigenvalue weighted by Gasteiger charge is 2.43. The lowest BCUT2D eigenvalue weighted by atomic mass is 9.95. The number of rotatable bonds is 8. The summed E-state index contributed by atoms with van der Waals surface area (Å²) in [7, 11) is 0.